The zero-order chi connectivity index (χ0) is 13.0. The van der Waals surface area contributed by atoms with Gasteiger partial charge in [-0.05, 0) is 26.3 Å². The minimum atomic E-state index is -0.147. The molecule has 1 heterocycles. The number of halogens is 1. The van der Waals surface area contributed by atoms with Crippen LogP contribution in [-0.4, -0.2) is 11.5 Å². The molecule has 0 aliphatic carbocycles. The van der Waals surface area contributed by atoms with Crippen molar-refractivity contribution in [3.63, 3.8) is 0 Å². The van der Waals surface area contributed by atoms with Gasteiger partial charge in [-0.15, -0.1) is 11.3 Å². The number of nitrogens with zero attached hydrogens (tertiary/aromatic N) is 1. The molecule has 0 amide bonds. The zero-order valence-corrected chi connectivity index (χ0v) is 11.4. The normalized spacial score (nSPS) is 12.6. The summed E-state index contributed by atoms with van der Waals surface area (Å²) < 4.78 is 13.6. The minimum absolute atomic E-state index is 0.0272. The highest BCUT2D eigenvalue weighted by Gasteiger charge is 2.09. The Hall–Kier alpha value is -1.26. The number of thiazole rings is 1. The van der Waals surface area contributed by atoms with E-state index in [4.69, 9.17) is 0 Å². The Morgan fingerprint density at radius 1 is 1.39 bits per heavy atom. The van der Waals surface area contributed by atoms with Gasteiger partial charge in [0, 0.05) is 23.0 Å². The second kappa shape index (κ2) is 6.07. The van der Waals surface area contributed by atoms with Gasteiger partial charge in [-0.1, -0.05) is 18.2 Å². The number of rotatable bonds is 5. The lowest BCUT2D eigenvalue weighted by atomic mass is 10.1. The standard InChI is InChI=1S/C14H17FN2S/c1-10(12-5-3-4-6-13(12)15)16-8-7-14-11(2)17-9-18-14/h3-6,9-10,16H,7-8H2,1-2H3. The quantitative estimate of drug-likeness (QED) is 0.894. The molecule has 0 fully saturated rings. The number of hydrogen-bond acceptors (Lipinski definition) is 3. The molecule has 0 spiro atoms. The van der Waals surface area contributed by atoms with Gasteiger partial charge in [0.25, 0.3) is 0 Å². The summed E-state index contributed by atoms with van der Waals surface area (Å²) in [4.78, 5) is 5.51. The van der Waals surface area contributed by atoms with Gasteiger partial charge >= 0.3 is 0 Å². The van der Waals surface area contributed by atoms with Gasteiger partial charge < -0.3 is 5.32 Å². The SMILES string of the molecule is Cc1ncsc1CCNC(C)c1ccccc1F. The summed E-state index contributed by atoms with van der Waals surface area (Å²) in [5, 5.41) is 3.34. The molecular formula is C14H17FN2S. The predicted molar refractivity (Wildman–Crippen MR) is 73.4 cm³/mol. The van der Waals surface area contributed by atoms with Gasteiger partial charge in [0.05, 0.1) is 11.2 Å². The smallest absolute Gasteiger partial charge is 0.127 e. The van der Waals surface area contributed by atoms with E-state index < -0.39 is 0 Å². The van der Waals surface area contributed by atoms with Crippen LogP contribution >= 0.6 is 11.3 Å². The Morgan fingerprint density at radius 3 is 2.83 bits per heavy atom. The average Bonchev–Trinajstić information content (AvgIpc) is 2.75. The summed E-state index contributed by atoms with van der Waals surface area (Å²) in [5.41, 5.74) is 3.68. The molecule has 96 valence electrons. The first-order valence-corrected chi connectivity index (χ1v) is 6.93. The Labute approximate surface area is 111 Å². The highest BCUT2D eigenvalue weighted by atomic mass is 32.1. The van der Waals surface area contributed by atoms with Crippen molar-refractivity contribution in [3.05, 3.63) is 51.7 Å². The first-order valence-electron chi connectivity index (χ1n) is 6.05. The Bertz CT molecular complexity index is 510. The van der Waals surface area contributed by atoms with E-state index in [0.717, 1.165) is 24.2 Å². The molecule has 2 rings (SSSR count). The summed E-state index contributed by atoms with van der Waals surface area (Å²) in [5.74, 6) is -0.147. The van der Waals surface area contributed by atoms with Gasteiger partial charge in [-0.3, -0.25) is 0 Å². The van der Waals surface area contributed by atoms with Crippen LogP contribution in [0.2, 0.25) is 0 Å². The maximum atomic E-state index is 13.6. The summed E-state index contributed by atoms with van der Waals surface area (Å²) in [6.45, 7) is 4.84. The molecule has 2 aromatic rings. The fraction of sp³-hybridized carbons (Fsp3) is 0.357. The fourth-order valence-electron chi connectivity index (χ4n) is 1.90. The monoisotopic (exact) mass is 264 g/mol. The number of aryl methyl sites for hydroxylation is 1. The van der Waals surface area contributed by atoms with E-state index in [9.17, 15) is 4.39 Å². The first-order chi connectivity index (χ1) is 8.68. The van der Waals surface area contributed by atoms with Crippen LogP contribution in [0.3, 0.4) is 0 Å². The predicted octanol–water partition coefficient (Wildman–Crippen LogP) is 3.48. The lowest BCUT2D eigenvalue weighted by Crippen LogP contribution is -2.22. The van der Waals surface area contributed by atoms with Crippen LogP contribution in [0.25, 0.3) is 0 Å². The van der Waals surface area contributed by atoms with Crippen molar-refractivity contribution in [2.45, 2.75) is 26.3 Å². The Kier molecular flexibility index (Phi) is 4.44. The molecular weight excluding hydrogens is 247 g/mol. The third-order valence-electron chi connectivity index (χ3n) is 3.02. The van der Waals surface area contributed by atoms with Gasteiger partial charge in [0.15, 0.2) is 0 Å². The third kappa shape index (κ3) is 3.15. The molecule has 0 aliphatic heterocycles. The molecule has 1 unspecified atom stereocenters. The maximum Gasteiger partial charge on any atom is 0.127 e. The Balaban J connectivity index is 1.87. The molecule has 18 heavy (non-hydrogen) atoms. The van der Waals surface area contributed by atoms with Crippen molar-refractivity contribution < 1.29 is 4.39 Å². The maximum absolute atomic E-state index is 13.6. The second-order valence-corrected chi connectivity index (χ2v) is 5.25. The molecule has 0 bridgehead atoms. The molecule has 1 atom stereocenters. The summed E-state index contributed by atoms with van der Waals surface area (Å²) >= 11 is 1.67. The molecule has 0 aliphatic rings. The van der Waals surface area contributed by atoms with E-state index in [2.05, 4.69) is 10.3 Å². The van der Waals surface area contributed by atoms with Crippen LogP contribution < -0.4 is 5.32 Å². The van der Waals surface area contributed by atoms with Gasteiger partial charge in [-0.25, -0.2) is 9.37 Å². The molecule has 1 N–H and O–H groups in total. The van der Waals surface area contributed by atoms with Crippen molar-refractivity contribution in [1.82, 2.24) is 10.3 Å². The van der Waals surface area contributed by atoms with Crippen molar-refractivity contribution in [2.75, 3.05) is 6.54 Å². The molecule has 4 heteroatoms. The lowest BCUT2D eigenvalue weighted by Gasteiger charge is -2.14. The van der Waals surface area contributed by atoms with Crippen molar-refractivity contribution >= 4 is 11.3 Å². The summed E-state index contributed by atoms with van der Waals surface area (Å²) in [6.07, 6.45) is 0.940. The molecule has 0 radical (unpaired) electrons. The van der Waals surface area contributed by atoms with Gasteiger partial charge in [0.1, 0.15) is 5.82 Å². The number of hydrogen-bond donors (Lipinski definition) is 1. The number of benzene rings is 1. The first kappa shape index (κ1) is 13.2. The summed E-state index contributed by atoms with van der Waals surface area (Å²) in [6, 6.07) is 6.93. The number of aromatic nitrogens is 1. The van der Waals surface area contributed by atoms with Crippen molar-refractivity contribution in [3.8, 4) is 0 Å². The van der Waals surface area contributed by atoms with Crippen LogP contribution in [0, 0.1) is 12.7 Å². The van der Waals surface area contributed by atoms with E-state index in [1.807, 2.05) is 31.5 Å². The van der Waals surface area contributed by atoms with E-state index in [0.29, 0.717) is 0 Å². The molecule has 0 saturated carbocycles. The Morgan fingerprint density at radius 2 is 2.17 bits per heavy atom. The fourth-order valence-corrected chi connectivity index (χ4v) is 2.69. The topological polar surface area (TPSA) is 24.9 Å². The highest BCUT2D eigenvalue weighted by molar-refractivity contribution is 7.09. The largest absolute Gasteiger partial charge is 0.310 e. The van der Waals surface area contributed by atoms with Gasteiger partial charge in [-0.2, -0.15) is 0 Å². The van der Waals surface area contributed by atoms with Crippen LogP contribution in [0.5, 0.6) is 0 Å². The molecule has 2 nitrogen and oxygen atoms in total. The summed E-state index contributed by atoms with van der Waals surface area (Å²) in [7, 11) is 0. The number of nitrogens with one attached hydrogen (secondary N) is 1. The van der Waals surface area contributed by atoms with E-state index >= 15 is 0 Å². The average molecular weight is 264 g/mol. The highest BCUT2D eigenvalue weighted by Crippen LogP contribution is 2.17. The molecule has 1 aromatic heterocycles. The van der Waals surface area contributed by atoms with E-state index in [1.54, 1.807) is 17.4 Å². The minimum Gasteiger partial charge on any atom is -0.310 e. The molecule has 1 aromatic carbocycles. The van der Waals surface area contributed by atoms with Gasteiger partial charge in [0.2, 0.25) is 0 Å². The third-order valence-corrected chi connectivity index (χ3v) is 4.01. The lowest BCUT2D eigenvalue weighted by molar-refractivity contribution is 0.531. The van der Waals surface area contributed by atoms with Crippen LogP contribution in [0.15, 0.2) is 29.8 Å². The van der Waals surface area contributed by atoms with Crippen molar-refractivity contribution in [1.29, 1.82) is 0 Å². The second-order valence-electron chi connectivity index (χ2n) is 4.31. The van der Waals surface area contributed by atoms with Crippen LogP contribution in [0.4, 0.5) is 4.39 Å². The molecule has 0 saturated heterocycles. The zero-order valence-electron chi connectivity index (χ0n) is 10.6. The van der Waals surface area contributed by atoms with Crippen molar-refractivity contribution in [2.24, 2.45) is 0 Å². The van der Waals surface area contributed by atoms with E-state index in [1.165, 1.54) is 10.9 Å². The van der Waals surface area contributed by atoms with Crippen LogP contribution in [-0.2, 0) is 6.42 Å². The van der Waals surface area contributed by atoms with E-state index in [-0.39, 0.29) is 11.9 Å². The van der Waals surface area contributed by atoms with Crippen LogP contribution in [0.1, 0.15) is 29.1 Å².